The third kappa shape index (κ3) is 13.0. The number of hydrogen-bond acceptors (Lipinski definition) is 1. The highest BCUT2D eigenvalue weighted by molar-refractivity contribution is 5.28. The SMILES string of the molecule is CC.CC.C\C=C(OC)/C(=C\C=C/CC)CC. The van der Waals surface area contributed by atoms with Crippen LogP contribution in [0.3, 0.4) is 0 Å². The minimum absolute atomic E-state index is 0.975. The Hall–Kier alpha value is -0.980. The van der Waals surface area contributed by atoms with Crippen molar-refractivity contribution in [2.45, 2.75) is 61.3 Å². The smallest absolute Gasteiger partial charge is 0.117 e. The first-order valence-corrected chi connectivity index (χ1v) is 6.86. The molecule has 0 aromatic heterocycles. The van der Waals surface area contributed by atoms with Gasteiger partial charge in [-0.1, -0.05) is 59.8 Å². The van der Waals surface area contributed by atoms with Gasteiger partial charge in [0.2, 0.25) is 0 Å². The minimum Gasteiger partial charge on any atom is -0.497 e. The summed E-state index contributed by atoms with van der Waals surface area (Å²) in [7, 11) is 1.71. The quantitative estimate of drug-likeness (QED) is 0.430. The summed E-state index contributed by atoms with van der Waals surface area (Å²) in [6.45, 7) is 14.3. The molecule has 0 unspecified atom stereocenters. The monoisotopic (exact) mass is 240 g/mol. The maximum atomic E-state index is 5.24. The molecular formula is C16H32O. The lowest BCUT2D eigenvalue weighted by molar-refractivity contribution is 0.298. The van der Waals surface area contributed by atoms with E-state index in [2.05, 4.69) is 32.1 Å². The molecule has 0 atom stereocenters. The molecule has 0 heterocycles. The van der Waals surface area contributed by atoms with Gasteiger partial charge in [0.25, 0.3) is 0 Å². The van der Waals surface area contributed by atoms with Gasteiger partial charge >= 0.3 is 0 Å². The van der Waals surface area contributed by atoms with Crippen molar-refractivity contribution in [2.24, 2.45) is 0 Å². The van der Waals surface area contributed by atoms with Crippen LogP contribution in [0.25, 0.3) is 0 Å². The molecule has 0 radical (unpaired) electrons. The molecule has 0 aliphatic rings. The van der Waals surface area contributed by atoms with Gasteiger partial charge in [-0.2, -0.15) is 0 Å². The summed E-state index contributed by atoms with van der Waals surface area (Å²) < 4.78 is 5.24. The van der Waals surface area contributed by atoms with E-state index in [1.165, 1.54) is 5.57 Å². The van der Waals surface area contributed by atoms with E-state index in [9.17, 15) is 0 Å². The zero-order chi connectivity index (χ0) is 14.1. The zero-order valence-electron chi connectivity index (χ0n) is 13.1. The molecule has 0 N–H and O–H groups in total. The maximum absolute atomic E-state index is 5.24. The molecule has 0 amide bonds. The summed E-state index contributed by atoms with van der Waals surface area (Å²) in [6, 6.07) is 0. The molecule has 0 aromatic rings. The predicted molar refractivity (Wildman–Crippen MR) is 81.3 cm³/mol. The minimum atomic E-state index is 0.975. The molecule has 0 rings (SSSR count). The molecule has 0 aliphatic carbocycles. The normalized spacial score (nSPS) is 11.3. The molecule has 0 spiro atoms. The predicted octanol–water partition coefficient (Wildman–Crippen LogP) is 5.89. The van der Waals surface area contributed by atoms with Gasteiger partial charge in [-0.15, -0.1) is 0 Å². The second-order valence-electron chi connectivity index (χ2n) is 2.74. The fraction of sp³-hybridized carbons (Fsp3) is 0.625. The van der Waals surface area contributed by atoms with Crippen LogP contribution in [-0.2, 0) is 4.74 Å². The summed E-state index contributed by atoms with van der Waals surface area (Å²) in [5.74, 6) is 0.975. The largest absolute Gasteiger partial charge is 0.497 e. The van der Waals surface area contributed by atoms with Crippen LogP contribution in [-0.4, -0.2) is 7.11 Å². The molecule has 0 bridgehead atoms. The van der Waals surface area contributed by atoms with E-state index in [4.69, 9.17) is 4.74 Å². The molecule has 1 nitrogen and oxygen atoms in total. The maximum Gasteiger partial charge on any atom is 0.117 e. The van der Waals surface area contributed by atoms with Gasteiger partial charge in [0, 0.05) is 0 Å². The van der Waals surface area contributed by atoms with Crippen molar-refractivity contribution >= 4 is 0 Å². The second-order valence-corrected chi connectivity index (χ2v) is 2.74. The third-order valence-electron chi connectivity index (χ3n) is 1.85. The van der Waals surface area contributed by atoms with E-state index in [1.54, 1.807) is 7.11 Å². The van der Waals surface area contributed by atoms with E-state index in [0.717, 1.165) is 18.6 Å². The van der Waals surface area contributed by atoms with Crippen molar-refractivity contribution in [3.05, 3.63) is 35.6 Å². The van der Waals surface area contributed by atoms with Crippen LogP contribution >= 0.6 is 0 Å². The molecular weight excluding hydrogens is 208 g/mol. The van der Waals surface area contributed by atoms with Crippen LogP contribution in [0.2, 0.25) is 0 Å². The van der Waals surface area contributed by atoms with Crippen molar-refractivity contribution in [3.8, 4) is 0 Å². The molecule has 0 aliphatic heterocycles. The molecule has 0 saturated heterocycles. The van der Waals surface area contributed by atoms with Crippen molar-refractivity contribution < 1.29 is 4.74 Å². The Kier molecular flexibility index (Phi) is 25.6. The Morgan fingerprint density at radius 1 is 1.06 bits per heavy atom. The summed E-state index contributed by atoms with van der Waals surface area (Å²) >= 11 is 0. The lowest BCUT2D eigenvalue weighted by Gasteiger charge is -2.07. The molecule has 0 fully saturated rings. The van der Waals surface area contributed by atoms with E-state index in [0.29, 0.717) is 0 Å². The Balaban J connectivity index is -0.000000439. The highest BCUT2D eigenvalue weighted by Gasteiger charge is 1.98. The fourth-order valence-electron chi connectivity index (χ4n) is 1.13. The second kappa shape index (κ2) is 20.4. The van der Waals surface area contributed by atoms with E-state index >= 15 is 0 Å². The molecule has 102 valence electrons. The van der Waals surface area contributed by atoms with Crippen molar-refractivity contribution in [3.63, 3.8) is 0 Å². The summed E-state index contributed by atoms with van der Waals surface area (Å²) in [6.07, 6.45) is 10.4. The number of hydrogen-bond donors (Lipinski definition) is 0. The van der Waals surface area contributed by atoms with Gasteiger partial charge in [0.1, 0.15) is 5.76 Å². The summed E-state index contributed by atoms with van der Waals surface area (Å²) in [4.78, 5) is 0. The highest BCUT2D eigenvalue weighted by atomic mass is 16.5. The van der Waals surface area contributed by atoms with Crippen LogP contribution in [0.5, 0.6) is 0 Å². The van der Waals surface area contributed by atoms with E-state index in [-0.39, 0.29) is 0 Å². The van der Waals surface area contributed by atoms with Crippen LogP contribution in [0.15, 0.2) is 35.6 Å². The number of rotatable bonds is 5. The Morgan fingerprint density at radius 2 is 1.59 bits per heavy atom. The average Bonchev–Trinajstić information content (AvgIpc) is 2.43. The standard InChI is InChI=1S/C12H20O.2C2H6/c1-5-8-9-10-11(6-2)12(7-3)13-4;2*1-2/h7-10H,5-6H2,1-4H3;2*1-2H3/b9-8-,11-10-,12-7+;;. The van der Waals surface area contributed by atoms with Gasteiger partial charge in [0.05, 0.1) is 7.11 Å². The lowest BCUT2D eigenvalue weighted by Crippen LogP contribution is -1.90. The number of allylic oxidation sites excluding steroid dienone is 5. The fourth-order valence-corrected chi connectivity index (χ4v) is 1.13. The van der Waals surface area contributed by atoms with Crippen LogP contribution in [0.4, 0.5) is 0 Å². The topological polar surface area (TPSA) is 9.23 Å². The van der Waals surface area contributed by atoms with Crippen molar-refractivity contribution in [1.82, 2.24) is 0 Å². The van der Waals surface area contributed by atoms with Gasteiger partial charge in [-0.25, -0.2) is 0 Å². The van der Waals surface area contributed by atoms with E-state index < -0.39 is 0 Å². The first kappa shape index (κ1) is 21.3. The van der Waals surface area contributed by atoms with Crippen LogP contribution < -0.4 is 0 Å². The highest BCUT2D eigenvalue weighted by Crippen LogP contribution is 2.14. The first-order valence-electron chi connectivity index (χ1n) is 6.86. The number of ether oxygens (including phenoxy) is 1. The van der Waals surface area contributed by atoms with Crippen molar-refractivity contribution in [1.29, 1.82) is 0 Å². The van der Waals surface area contributed by atoms with Crippen LogP contribution in [0.1, 0.15) is 61.3 Å². The molecule has 1 heteroatoms. The average molecular weight is 240 g/mol. The number of methoxy groups -OCH3 is 1. The Labute approximate surface area is 109 Å². The van der Waals surface area contributed by atoms with E-state index in [1.807, 2.05) is 40.7 Å². The molecule has 0 aromatic carbocycles. The summed E-state index contributed by atoms with van der Waals surface area (Å²) in [5, 5.41) is 0. The Bertz CT molecular complexity index is 210. The molecule has 0 saturated carbocycles. The van der Waals surface area contributed by atoms with Crippen molar-refractivity contribution in [2.75, 3.05) is 7.11 Å². The first-order chi connectivity index (χ1) is 8.29. The Morgan fingerprint density at radius 3 is 1.88 bits per heavy atom. The third-order valence-corrected chi connectivity index (χ3v) is 1.85. The lowest BCUT2D eigenvalue weighted by atomic mass is 10.1. The zero-order valence-corrected chi connectivity index (χ0v) is 13.1. The summed E-state index contributed by atoms with van der Waals surface area (Å²) in [5.41, 5.74) is 1.25. The van der Waals surface area contributed by atoms with Crippen LogP contribution in [0, 0.1) is 0 Å². The molecule has 17 heavy (non-hydrogen) atoms. The van der Waals surface area contributed by atoms with Gasteiger partial charge in [-0.05, 0) is 31.4 Å². The van der Waals surface area contributed by atoms with Gasteiger partial charge < -0.3 is 4.74 Å². The van der Waals surface area contributed by atoms with Gasteiger partial charge in [-0.3, -0.25) is 0 Å². The van der Waals surface area contributed by atoms with Gasteiger partial charge in [0.15, 0.2) is 0 Å².